The third-order valence-electron chi connectivity index (χ3n) is 3.15. The van der Waals surface area contributed by atoms with Crippen LogP contribution in [-0.2, 0) is 9.47 Å². The van der Waals surface area contributed by atoms with E-state index >= 15 is 0 Å². The maximum absolute atomic E-state index is 10.1. The zero-order valence-corrected chi connectivity index (χ0v) is 10.1. The van der Waals surface area contributed by atoms with Crippen molar-refractivity contribution in [2.45, 2.75) is 31.8 Å². The number of morpholine rings is 1. The van der Waals surface area contributed by atoms with Gasteiger partial charge < -0.3 is 14.6 Å². The van der Waals surface area contributed by atoms with Crippen LogP contribution in [0.25, 0.3) is 0 Å². The van der Waals surface area contributed by atoms with Gasteiger partial charge in [-0.2, -0.15) is 0 Å². The molecule has 2 saturated heterocycles. The smallest absolute Gasteiger partial charge is 0.114 e. The molecule has 5 nitrogen and oxygen atoms in total. The minimum Gasteiger partial charge on any atom is -0.389 e. The zero-order valence-electron chi connectivity index (χ0n) is 10.1. The van der Waals surface area contributed by atoms with Crippen LogP contribution in [-0.4, -0.2) is 67.3 Å². The first-order valence-electron chi connectivity index (χ1n) is 5.98. The number of hydrogen-bond acceptors (Lipinski definition) is 5. The molecular formula is C11H22N2O3. The fraction of sp³-hybridized carbons (Fsp3) is 1.00. The van der Waals surface area contributed by atoms with E-state index in [9.17, 15) is 5.11 Å². The minimum absolute atomic E-state index is 0.0992. The number of rotatable bonds is 3. The summed E-state index contributed by atoms with van der Waals surface area (Å²) in [6.45, 7) is 8.69. The van der Waals surface area contributed by atoms with E-state index in [0.717, 1.165) is 32.8 Å². The lowest BCUT2D eigenvalue weighted by molar-refractivity contribution is -0.0855. The molecule has 2 rings (SSSR count). The van der Waals surface area contributed by atoms with Gasteiger partial charge in [-0.05, 0) is 13.8 Å². The second-order valence-corrected chi connectivity index (χ2v) is 5.03. The largest absolute Gasteiger partial charge is 0.389 e. The molecule has 0 saturated carbocycles. The van der Waals surface area contributed by atoms with Crippen molar-refractivity contribution in [1.82, 2.24) is 10.2 Å². The SMILES string of the molecule is CC1(C)NCC(C(O)CN2CCOCC2)O1. The first-order valence-corrected chi connectivity index (χ1v) is 5.98. The van der Waals surface area contributed by atoms with Gasteiger partial charge in [0.2, 0.25) is 0 Å². The zero-order chi connectivity index (χ0) is 11.6. The molecule has 2 N–H and O–H groups in total. The molecule has 0 aromatic rings. The molecule has 2 aliphatic heterocycles. The molecule has 94 valence electrons. The fourth-order valence-corrected chi connectivity index (χ4v) is 2.19. The summed E-state index contributed by atoms with van der Waals surface area (Å²) >= 11 is 0. The van der Waals surface area contributed by atoms with E-state index in [-0.39, 0.29) is 11.8 Å². The summed E-state index contributed by atoms with van der Waals surface area (Å²) in [7, 11) is 0. The van der Waals surface area contributed by atoms with Crippen molar-refractivity contribution in [1.29, 1.82) is 0 Å². The maximum Gasteiger partial charge on any atom is 0.114 e. The Bertz CT molecular complexity index is 229. The molecule has 2 atom stereocenters. The van der Waals surface area contributed by atoms with Crippen LogP contribution in [0.1, 0.15) is 13.8 Å². The number of nitrogens with one attached hydrogen (secondary N) is 1. The predicted molar refractivity (Wildman–Crippen MR) is 60.2 cm³/mol. The van der Waals surface area contributed by atoms with E-state index in [2.05, 4.69) is 10.2 Å². The van der Waals surface area contributed by atoms with Gasteiger partial charge in [-0.1, -0.05) is 0 Å². The van der Waals surface area contributed by atoms with Crippen LogP contribution in [0.5, 0.6) is 0 Å². The Morgan fingerprint density at radius 3 is 2.69 bits per heavy atom. The molecule has 0 bridgehead atoms. The van der Waals surface area contributed by atoms with Crippen molar-refractivity contribution >= 4 is 0 Å². The highest BCUT2D eigenvalue weighted by Gasteiger charge is 2.35. The lowest BCUT2D eigenvalue weighted by Gasteiger charge is -2.30. The highest BCUT2D eigenvalue weighted by Crippen LogP contribution is 2.18. The molecular weight excluding hydrogens is 208 g/mol. The van der Waals surface area contributed by atoms with Crippen molar-refractivity contribution in [2.24, 2.45) is 0 Å². The van der Waals surface area contributed by atoms with Gasteiger partial charge in [0.15, 0.2) is 0 Å². The summed E-state index contributed by atoms with van der Waals surface area (Å²) in [5.74, 6) is 0. The molecule has 2 fully saturated rings. The first kappa shape index (κ1) is 12.3. The third-order valence-corrected chi connectivity index (χ3v) is 3.15. The van der Waals surface area contributed by atoms with Gasteiger partial charge in [0, 0.05) is 26.2 Å². The number of β-amino-alcohol motifs (C(OH)–C–C–N with tert-alkyl or cyclic N) is 1. The normalized spacial score (nSPS) is 32.8. The van der Waals surface area contributed by atoms with Crippen LogP contribution in [0.4, 0.5) is 0 Å². The van der Waals surface area contributed by atoms with Gasteiger partial charge in [0.05, 0.1) is 25.4 Å². The molecule has 0 radical (unpaired) electrons. The summed E-state index contributed by atoms with van der Waals surface area (Å²) in [4.78, 5) is 2.23. The predicted octanol–water partition coefficient (Wildman–Crippen LogP) is -0.596. The van der Waals surface area contributed by atoms with E-state index < -0.39 is 6.10 Å². The van der Waals surface area contributed by atoms with Gasteiger partial charge >= 0.3 is 0 Å². The number of ether oxygens (including phenoxy) is 2. The van der Waals surface area contributed by atoms with E-state index in [1.807, 2.05) is 13.8 Å². The molecule has 0 aliphatic carbocycles. The molecule has 5 heteroatoms. The average Bonchev–Trinajstić information content (AvgIpc) is 2.60. The molecule has 2 heterocycles. The summed E-state index contributed by atoms with van der Waals surface area (Å²) in [5, 5.41) is 13.3. The number of hydrogen-bond donors (Lipinski definition) is 2. The van der Waals surface area contributed by atoms with Crippen LogP contribution in [0.2, 0.25) is 0 Å². The van der Waals surface area contributed by atoms with E-state index in [4.69, 9.17) is 9.47 Å². The van der Waals surface area contributed by atoms with Crippen LogP contribution < -0.4 is 5.32 Å². The van der Waals surface area contributed by atoms with Gasteiger partial charge in [-0.15, -0.1) is 0 Å². The Balaban J connectivity index is 1.77. The quantitative estimate of drug-likeness (QED) is 0.678. The third kappa shape index (κ3) is 3.15. The average molecular weight is 230 g/mol. The van der Waals surface area contributed by atoms with Crippen LogP contribution in [0, 0.1) is 0 Å². The monoisotopic (exact) mass is 230 g/mol. The highest BCUT2D eigenvalue weighted by atomic mass is 16.5. The first-order chi connectivity index (χ1) is 7.57. The molecule has 2 unspecified atom stereocenters. The maximum atomic E-state index is 10.1. The Labute approximate surface area is 96.7 Å². The Morgan fingerprint density at radius 1 is 1.44 bits per heavy atom. The summed E-state index contributed by atoms with van der Waals surface area (Å²) in [5.41, 5.74) is -0.309. The second-order valence-electron chi connectivity index (χ2n) is 5.03. The van der Waals surface area contributed by atoms with E-state index in [1.54, 1.807) is 0 Å². The molecule has 0 amide bonds. The van der Waals surface area contributed by atoms with Crippen molar-refractivity contribution in [2.75, 3.05) is 39.4 Å². The van der Waals surface area contributed by atoms with Gasteiger partial charge in [0.1, 0.15) is 5.72 Å². The number of nitrogens with zero attached hydrogens (tertiary/aromatic N) is 1. The molecule has 16 heavy (non-hydrogen) atoms. The van der Waals surface area contributed by atoms with E-state index in [0.29, 0.717) is 6.54 Å². The second kappa shape index (κ2) is 4.98. The molecule has 0 spiro atoms. The molecule has 0 aromatic heterocycles. The van der Waals surface area contributed by atoms with Crippen molar-refractivity contribution in [3.63, 3.8) is 0 Å². The van der Waals surface area contributed by atoms with Crippen LogP contribution >= 0.6 is 0 Å². The molecule has 2 aliphatic rings. The van der Waals surface area contributed by atoms with E-state index in [1.165, 1.54) is 0 Å². The Hall–Kier alpha value is -0.200. The van der Waals surface area contributed by atoms with Crippen LogP contribution in [0.3, 0.4) is 0 Å². The van der Waals surface area contributed by atoms with Crippen molar-refractivity contribution in [3.8, 4) is 0 Å². The fourth-order valence-electron chi connectivity index (χ4n) is 2.19. The molecule has 0 aromatic carbocycles. The van der Waals surface area contributed by atoms with Crippen molar-refractivity contribution < 1.29 is 14.6 Å². The summed E-state index contributed by atoms with van der Waals surface area (Å²) < 4.78 is 11.0. The van der Waals surface area contributed by atoms with Gasteiger partial charge in [-0.3, -0.25) is 10.2 Å². The highest BCUT2D eigenvalue weighted by molar-refractivity contribution is 4.86. The Kier molecular flexibility index (Phi) is 3.81. The van der Waals surface area contributed by atoms with Crippen molar-refractivity contribution in [3.05, 3.63) is 0 Å². The lowest BCUT2D eigenvalue weighted by Crippen LogP contribution is -2.45. The standard InChI is InChI=1S/C11H22N2O3/c1-11(2)12-7-10(16-11)9(14)8-13-3-5-15-6-4-13/h9-10,12,14H,3-8H2,1-2H3. The topological polar surface area (TPSA) is 54.0 Å². The lowest BCUT2D eigenvalue weighted by atomic mass is 10.2. The minimum atomic E-state index is -0.424. The number of aliphatic hydroxyl groups excluding tert-OH is 1. The van der Waals surface area contributed by atoms with Crippen LogP contribution in [0.15, 0.2) is 0 Å². The summed E-state index contributed by atoms with van der Waals surface area (Å²) in [6, 6.07) is 0. The summed E-state index contributed by atoms with van der Waals surface area (Å²) in [6.07, 6.45) is -0.523. The Morgan fingerprint density at radius 2 is 2.12 bits per heavy atom. The van der Waals surface area contributed by atoms with Gasteiger partial charge in [-0.25, -0.2) is 0 Å². The number of aliphatic hydroxyl groups is 1. The van der Waals surface area contributed by atoms with Gasteiger partial charge in [0.25, 0.3) is 0 Å².